The summed E-state index contributed by atoms with van der Waals surface area (Å²) in [5, 5.41) is 7.14. The number of piperidine rings is 1. The average molecular weight is 459 g/mol. The minimum atomic E-state index is 0.0871. The van der Waals surface area contributed by atoms with E-state index in [1.165, 1.54) is 36.0 Å². The number of benzene rings is 2. The molecule has 7 heteroatoms. The van der Waals surface area contributed by atoms with Crippen LogP contribution in [0.5, 0.6) is 0 Å². The SMILES string of the molecule is C[C@H](NC(=S)Nc1nc(N2CCCCC2)cc(N2Cc3ccccc3C2)n1)c1ccccc1. The smallest absolute Gasteiger partial charge is 0.232 e. The minimum Gasteiger partial charge on any atom is -0.356 e. The molecule has 1 aromatic heterocycles. The van der Waals surface area contributed by atoms with Crippen molar-refractivity contribution in [3.05, 3.63) is 77.4 Å². The lowest BCUT2D eigenvalue weighted by Crippen LogP contribution is -2.33. The van der Waals surface area contributed by atoms with E-state index < -0.39 is 0 Å². The Morgan fingerprint density at radius 3 is 2.12 bits per heavy atom. The summed E-state index contributed by atoms with van der Waals surface area (Å²) in [6.07, 6.45) is 3.68. The van der Waals surface area contributed by atoms with Crippen molar-refractivity contribution in [2.75, 3.05) is 28.2 Å². The Kier molecular flexibility index (Phi) is 6.39. The van der Waals surface area contributed by atoms with Gasteiger partial charge in [0.25, 0.3) is 0 Å². The van der Waals surface area contributed by atoms with Crippen LogP contribution in [0, 0.1) is 0 Å². The number of anilines is 3. The quantitative estimate of drug-likeness (QED) is 0.520. The third kappa shape index (κ3) is 5.09. The van der Waals surface area contributed by atoms with Crippen molar-refractivity contribution >= 4 is 34.9 Å². The van der Waals surface area contributed by atoms with Crippen LogP contribution in [0.15, 0.2) is 60.7 Å². The molecule has 0 bridgehead atoms. The van der Waals surface area contributed by atoms with Gasteiger partial charge in [-0.2, -0.15) is 9.97 Å². The lowest BCUT2D eigenvalue weighted by molar-refractivity contribution is 0.573. The van der Waals surface area contributed by atoms with Crippen LogP contribution in [-0.2, 0) is 13.1 Å². The molecule has 2 aromatic carbocycles. The van der Waals surface area contributed by atoms with Crippen LogP contribution < -0.4 is 20.4 Å². The van der Waals surface area contributed by atoms with E-state index in [0.717, 1.165) is 37.8 Å². The maximum atomic E-state index is 5.62. The van der Waals surface area contributed by atoms with Crippen LogP contribution in [0.25, 0.3) is 0 Å². The molecule has 3 aromatic rings. The number of nitrogens with one attached hydrogen (secondary N) is 2. The van der Waals surface area contributed by atoms with Crippen LogP contribution in [-0.4, -0.2) is 28.2 Å². The topological polar surface area (TPSA) is 56.3 Å². The highest BCUT2D eigenvalue weighted by atomic mass is 32.1. The molecule has 2 aliphatic heterocycles. The zero-order chi connectivity index (χ0) is 22.6. The van der Waals surface area contributed by atoms with Crippen LogP contribution in [0.2, 0.25) is 0 Å². The van der Waals surface area contributed by atoms with Crippen molar-refractivity contribution in [3.63, 3.8) is 0 Å². The number of hydrogen-bond donors (Lipinski definition) is 2. The van der Waals surface area contributed by atoms with Crippen molar-refractivity contribution in [3.8, 4) is 0 Å². The van der Waals surface area contributed by atoms with Crippen LogP contribution in [0.4, 0.5) is 17.6 Å². The Bertz CT molecular complexity index is 1090. The van der Waals surface area contributed by atoms with E-state index in [0.29, 0.717) is 11.1 Å². The summed E-state index contributed by atoms with van der Waals surface area (Å²) in [4.78, 5) is 14.4. The summed E-state index contributed by atoms with van der Waals surface area (Å²) < 4.78 is 0. The standard InChI is InChI=1S/C26H30N6S/c1-19(20-10-4-2-5-11-20)27-26(33)30-25-28-23(31-14-8-3-9-15-31)16-24(29-25)32-17-21-12-6-7-13-22(21)18-32/h2,4-7,10-13,16,19H,3,8-9,14-15,17-18H2,1H3,(H2,27,28,29,30,33)/t19-/m0/s1. The second-order valence-corrected chi connectivity index (χ2v) is 9.22. The molecule has 0 amide bonds. The van der Waals surface area contributed by atoms with E-state index in [9.17, 15) is 0 Å². The highest BCUT2D eigenvalue weighted by Gasteiger charge is 2.23. The maximum absolute atomic E-state index is 5.62. The molecule has 0 saturated carbocycles. The van der Waals surface area contributed by atoms with Gasteiger partial charge in [0.2, 0.25) is 5.95 Å². The fraction of sp³-hybridized carbons (Fsp3) is 0.346. The van der Waals surface area contributed by atoms with Crippen molar-refractivity contribution < 1.29 is 0 Å². The average Bonchev–Trinajstić information content (AvgIpc) is 3.29. The van der Waals surface area contributed by atoms with Crippen LogP contribution >= 0.6 is 12.2 Å². The number of thiocarbonyl (C=S) groups is 1. The lowest BCUT2D eigenvalue weighted by Gasteiger charge is -2.29. The zero-order valence-corrected chi connectivity index (χ0v) is 19.8. The summed E-state index contributed by atoms with van der Waals surface area (Å²) in [7, 11) is 0. The zero-order valence-electron chi connectivity index (χ0n) is 19.0. The maximum Gasteiger partial charge on any atom is 0.232 e. The van der Waals surface area contributed by atoms with Crippen molar-refractivity contribution in [2.45, 2.75) is 45.3 Å². The fourth-order valence-corrected chi connectivity index (χ4v) is 4.85. The Balaban J connectivity index is 1.37. The first-order valence-electron chi connectivity index (χ1n) is 11.7. The first-order valence-corrected chi connectivity index (χ1v) is 12.1. The number of nitrogens with zero attached hydrogens (tertiary/aromatic N) is 4. The first kappa shape index (κ1) is 21.6. The minimum absolute atomic E-state index is 0.0871. The summed E-state index contributed by atoms with van der Waals surface area (Å²) >= 11 is 5.62. The van der Waals surface area contributed by atoms with E-state index in [4.69, 9.17) is 22.2 Å². The summed E-state index contributed by atoms with van der Waals surface area (Å²) in [5.74, 6) is 2.45. The molecule has 2 aliphatic rings. The summed E-state index contributed by atoms with van der Waals surface area (Å²) in [6.45, 7) is 5.88. The molecular weight excluding hydrogens is 428 g/mol. The molecule has 1 saturated heterocycles. The van der Waals surface area contributed by atoms with E-state index >= 15 is 0 Å². The predicted octanol–water partition coefficient (Wildman–Crippen LogP) is 5.03. The molecule has 5 rings (SSSR count). The van der Waals surface area contributed by atoms with Crippen molar-refractivity contribution in [2.24, 2.45) is 0 Å². The molecule has 0 aliphatic carbocycles. The Morgan fingerprint density at radius 1 is 0.848 bits per heavy atom. The highest BCUT2D eigenvalue weighted by molar-refractivity contribution is 7.80. The van der Waals surface area contributed by atoms with Gasteiger partial charge in [-0.1, -0.05) is 54.6 Å². The van der Waals surface area contributed by atoms with E-state index in [-0.39, 0.29) is 6.04 Å². The van der Waals surface area contributed by atoms with Crippen molar-refractivity contribution in [1.29, 1.82) is 0 Å². The monoisotopic (exact) mass is 458 g/mol. The fourth-order valence-electron chi connectivity index (χ4n) is 4.58. The molecule has 6 nitrogen and oxygen atoms in total. The molecule has 33 heavy (non-hydrogen) atoms. The second kappa shape index (κ2) is 9.75. The Labute approximate surface area is 201 Å². The van der Waals surface area contributed by atoms with Gasteiger partial charge >= 0.3 is 0 Å². The van der Waals surface area contributed by atoms with Gasteiger partial charge in [0.15, 0.2) is 5.11 Å². The van der Waals surface area contributed by atoms with E-state index in [1.807, 2.05) is 18.2 Å². The largest absolute Gasteiger partial charge is 0.356 e. The summed E-state index contributed by atoms with van der Waals surface area (Å²) in [5.41, 5.74) is 3.90. The van der Waals surface area contributed by atoms with Gasteiger partial charge in [-0.15, -0.1) is 0 Å². The van der Waals surface area contributed by atoms with Crippen LogP contribution in [0.3, 0.4) is 0 Å². The first-order chi connectivity index (χ1) is 16.2. The molecule has 0 unspecified atom stereocenters. The number of aromatic nitrogens is 2. The molecule has 2 N–H and O–H groups in total. The molecular formula is C26H30N6S. The van der Waals surface area contributed by atoms with Gasteiger partial charge in [-0.25, -0.2) is 0 Å². The van der Waals surface area contributed by atoms with Gasteiger partial charge < -0.3 is 20.4 Å². The Hall–Kier alpha value is -3.19. The third-order valence-electron chi connectivity index (χ3n) is 6.42. The van der Waals surface area contributed by atoms with E-state index in [1.54, 1.807) is 0 Å². The molecule has 170 valence electrons. The van der Waals surface area contributed by atoms with Gasteiger partial charge in [0.05, 0.1) is 6.04 Å². The normalized spacial score (nSPS) is 16.3. The Morgan fingerprint density at radius 2 is 1.45 bits per heavy atom. The lowest BCUT2D eigenvalue weighted by atomic mass is 10.1. The highest BCUT2D eigenvalue weighted by Crippen LogP contribution is 2.30. The molecule has 0 spiro atoms. The van der Waals surface area contributed by atoms with Gasteiger partial charge in [0, 0.05) is 32.2 Å². The second-order valence-electron chi connectivity index (χ2n) is 8.81. The number of hydrogen-bond acceptors (Lipinski definition) is 5. The summed E-state index contributed by atoms with van der Waals surface area (Å²) in [6, 6.07) is 21.1. The predicted molar refractivity (Wildman–Crippen MR) is 139 cm³/mol. The molecule has 1 fully saturated rings. The molecule has 3 heterocycles. The van der Waals surface area contributed by atoms with E-state index in [2.05, 4.69) is 69.8 Å². The molecule has 1 atom stereocenters. The number of rotatable bonds is 5. The number of fused-ring (bicyclic) bond motifs is 1. The van der Waals surface area contributed by atoms with Crippen molar-refractivity contribution in [1.82, 2.24) is 15.3 Å². The van der Waals surface area contributed by atoms with Crippen LogP contribution in [0.1, 0.15) is 48.9 Å². The van der Waals surface area contributed by atoms with Gasteiger partial charge in [-0.05, 0) is 55.1 Å². The third-order valence-corrected chi connectivity index (χ3v) is 6.64. The van der Waals surface area contributed by atoms with Gasteiger partial charge in [0.1, 0.15) is 11.6 Å². The molecule has 0 radical (unpaired) electrons. The van der Waals surface area contributed by atoms with Gasteiger partial charge in [-0.3, -0.25) is 0 Å².